The van der Waals surface area contributed by atoms with Crippen molar-refractivity contribution in [3.63, 3.8) is 0 Å². The maximum absolute atomic E-state index is 5.27. The predicted octanol–water partition coefficient (Wildman–Crippen LogP) is 1.96. The molecule has 1 fully saturated rings. The molecule has 8 heteroatoms. The number of hydrogen-bond acceptors (Lipinski definition) is 6. The lowest BCUT2D eigenvalue weighted by Gasteiger charge is -2.20. The normalized spacial score (nSPS) is 15.0. The van der Waals surface area contributed by atoms with Crippen molar-refractivity contribution >= 4 is 17.3 Å². The van der Waals surface area contributed by atoms with Crippen LogP contribution in [0.1, 0.15) is 40.4 Å². The van der Waals surface area contributed by atoms with Gasteiger partial charge in [0.2, 0.25) is 5.89 Å². The fraction of sp³-hybridized carbons (Fsp3) is 0.600. The Morgan fingerprint density at radius 1 is 1.52 bits per heavy atom. The van der Waals surface area contributed by atoms with Crippen molar-refractivity contribution in [3.8, 4) is 0 Å². The minimum atomic E-state index is 0.493. The molecule has 1 aliphatic rings. The molecule has 2 aromatic heterocycles. The Kier molecular flexibility index (Phi) is 4.90. The number of aromatic nitrogens is 3. The van der Waals surface area contributed by atoms with Crippen LogP contribution < -0.4 is 5.32 Å². The molecule has 1 saturated carbocycles. The number of thiazole rings is 1. The van der Waals surface area contributed by atoms with E-state index >= 15 is 0 Å². The van der Waals surface area contributed by atoms with E-state index in [4.69, 9.17) is 4.52 Å². The van der Waals surface area contributed by atoms with Crippen molar-refractivity contribution in [1.82, 2.24) is 25.3 Å². The lowest BCUT2D eigenvalue weighted by atomic mass is 10.4. The second-order valence-electron chi connectivity index (χ2n) is 5.76. The maximum atomic E-state index is 5.27. The van der Waals surface area contributed by atoms with Crippen LogP contribution in [0.5, 0.6) is 0 Å². The van der Waals surface area contributed by atoms with Crippen LogP contribution in [0, 0.1) is 6.92 Å². The molecule has 0 atom stereocenters. The molecule has 1 aliphatic carbocycles. The van der Waals surface area contributed by atoms with Gasteiger partial charge in [-0.25, -0.2) is 4.98 Å². The maximum Gasteiger partial charge on any atom is 0.246 e. The Bertz CT molecular complexity index is 675. The highest BCUT2D eigenvalue weighted by molar-refractivity contribution is 7.11. The van der Waals surface area contributed by atoms with Gasteiger partial charge in [0, 0.05) is 44.1 Å². The number of rotatable bonds is 6. The van der Waals surface area contributed by atoms with Crippen LogP contribution in [0.4, 0.5) is 0 Å². The third-order valence-corrected chi connectivity index (χ3v) is 4.70. The van der Waals surface area contributed by atoms with E-state index < -0.39 is 0 Å². The van der Waals surface area contributed by atoms with E-state index in [2.05, 4.69) is 37.3 Å². The number of aliphatic imine (C=N–C) groups is 1. The molecule has 0 aliphatic heterocycles. The second-order valence-corrected chi connectivity index (χ2v) is 7.08. The van der Waals surface area contributed by atoms with Crippen LogP contribution >= 0.6 is 11.3 Å². The molecule has 0 aromatic carbocycles. The molecule has 0 spiro atoms. The van der Waals surface area contributed by atoms with Gasteiger partial charge in [-0.3, -0.25) is 4.99 Å². The topological polar surface area (TPSA) is 79.4 Å². The molecule has 2 heterocycles. The second kappa shape index (κ2) is 7.08. The molecule has 1 N–H and O–H groups in total. The monoisotopic (exact) mass is 334 g/mol. The van der Waals surface area contributed by atoms with Crippen molar-refractivity contribution in [3.05, 3.63) is 27.8 Å². The number of guanidine groups is 1. The summed E-state index contributed by atoms with van der Waals surface area (Å²) in [5, 5.41) is 8.43. The van der Waals surface area contributed by atoms with Gasteiger partial charge in [-0.2, -0.15) is 4.98 Å². The average Bonchev–Trinajstić information content (AvgIpc) is 3.14. The summed E-state index contributed by atoms with van der Waals surface area (Å²) < 4.78 is 5.27. The van der Waals surface area contributed by atoms with Gasteiger partial charge in [-0.05, 0) is 19.8 Å². The van der Waals surface area contributed by atoms with Gasteiger partial charge < -0.3 is 14.7 Å². The predicted molar refractivity (Wildman–Crippen MR) is 89.7 cm³/mol. The molecule has 23 heavy (non-hydrogen) atoms. The third-order valence-electron chi connectivity index (χ3n) is 3.73. The lowest BCUT2D eigenvalue weighted by molar-refractivity contribution is 0.367. The minimum absolute atomic E-state index is 0.493. The molecule has 3 rings (SSSR count). The van der Waals surface area contributed by atoms with Crippen molar-refractivity contribution in [2.75, 3.05) is 20.6 Å². The minimum Gasteiger partial charge on any atom is -0.347 e. The van der Waals surface area contributed by atoms with Crippen LogP contribution in [0.25, 0.3) is 0 Å². The van der Waals surface area contributed by atoms with Crippen LogP contribution in [-0.4, -0.2) is 46.6 Å². The summed E-state index contributed by atoms with van der Waals surface area (Å²) in [4.78, 5) is 16.4. The molecule has 124 valence electrons. The molecular weight excluding hydrogens is 312 g/mol. The van der Waals surface area contributed by atoms with E-state index in [1.807, 2.05) is 13.2 Å². The van der Waals surface area contributed by atoms with E-state index in [0.717, 1.165) is 29.8 Å². The van der Waals surface area contributed by atoms with Crippen LogP contribution in [-0.2, 0) is 13.0 Å². The van der Waals surface area contributed by atoms with Gasteiger partial charge in [0.15, 0.2) is 11.8 Å². The summed E-state index contributed by atoms with van der Waals surface area (Å²) in [6.07, 6.45) is 5.17. The van der Waals surface area contributed by atoms with Gasteiger partial charge in [0.05, 0.1) is 11.6 Å². The van der Waals surface area contributed by atoms with Crippen LogP contribution in [0.15, 0.2) is 15.7 Å². The van der Waals surface area contributed by atoms with Crippen LogP contribution in [0.3, 0.4) is 0 Å². The number of nitrogens with one attached hydrogen (secondary N) is 1. The third kappa shape index (κ3) is 4.28. The first-order valence-corrected chi connectivity index (χ1v) is 8.63. The molecule has 0 bridgehead atoms. The SMILES string of the molecule is CN=C(NCc1nc(C2CC2)no1)N(C)CCc1ncc(C)s1. The van der Waals surface area contributed by atoms with Gasteiger partial charge >= 0.3 is 0 Å². The average molecular weight is 334 g/mol. The van der Waals surface area contributed by atoms with Gasteiger partial charge in [-0.15, -0.1) is 11.3 Å². The Morgan fingerprint density at radius 2 is 2.35 bits per heavy atom. The molecule has 7 nitrogen and oxygen atoms in total. The zero-order valence-corrected chi connectivity index (χ0v) is 14.6. The zero-order valence-electron chi connectivity index (χ0n) is 13.7. The summed E-state index contributed by atoms with van der Waals surface area (Å²) >= 11 is 1.74. The van der Waals surface area contributed by atoms with Crippen molar-refractivity contribution in [2.24, 2.45) is 4.99 Å². The first-order chi connectivity index (χ1) is 11.2. The number of hydrogen-bond donors (Lipinski definition) is 1. The smallest absolute Gasteiger partial charge is 0.246 e. The first-order valence-electron chi connectivity index (χ1n) is 7.81. The number of likely N-dealkylation sites (N-methyl/N-ethyl adjacent to an activating group) is 1. The van der Waals surface area contributed by atoms with Crippen molar-refractivity contribution < 1.29 is 4.52 Å². The molecule has 2 aromatic rings. The van der Waals surface area contributed by atoms with E-state index in [1.165, 1.54) is 17.7 Å². The molecule has 0 amide bonds. The quantitative estimate of drug-likeness (QED) is 0.642. The Balaban J connectivity index is 1.47. The lowest BCUT2D eigenvalue weighted by Crippen LogP contribution is -2.39. The fourth-order valence-corrected chi connectivity index (χ4v) is 3.05. The summed E-state index contributed by atoms with van der Waals surface area (Å²) in [6, 6.07) is 0. The highest BCUT2D eigenvalue weighted by atomic mass is 32.1. The van der Waals surface area contributed by atoms with Gasteiger partial charge in [0.1, 0.15) is 0 Å². The Labute approximate surface area is 139 Å². The number of nitrogens with zero attached hydrogens (tertiary/aromatic N) is 5. The van der Waals surface area contributed by atoms with E-state index in [0.29, 0.717) is 18.4 Å². The van der Waals surface area contributed by atoms with Gasteiger partial charge in [0.25, 0.3) is 0 Å². The number of aryl methyl sites for hydroxylation is 1. The molecular formula is C15H22N6OS. The van der Waals surface area contributed by atoms with E-state index in [-0.39, 0.29) is 0 Å². The largest absolute Gasteiger partial charge is 0.347 e. The molecule has 0 saturated heterocycles. The summed E-state index contributed by atoms with van der Waals surface area (Å²) in [6.45, 7) is 3.42. The van der Waals surface area contributed by atoms with Crippen LogP contribution in [0.2, 0.25) is 0 Å². The highest BCUT2D eigenvalue weighted by Gasteiger charge is 2.28. The highest BCUT2D eigenvalue weighted by Crippen LogP contribution is 2.38. The standard InChI is InChI=1S/C15H22N6OS/c1-10-8-17-13(23-10)6-7-21(3)15(16-2)18-9-12-19-14(20-22-12)11-4-5-11/h8,11H,4-7,9H2,1-3H3,(H,16,18). The molecule has 0 unspecified atom stereocenters. The summed E-state index contributed by atoms with van der Waals surface area (Å²) in [7, 11) is 3.79. The van der Waals surface area contributed by atoms with E-state index in [9.17, 15) is 0 Å². The van der Waals surface area contributed by atoms with E-state index in [1.54, 1.807) is 18.4 Å². The van der Waals surface area contributed by atoms with Crippen molar-refractivity contribution in [2.45, 2.75) is 38.6 Å². The first kappa shape index (κ1) is 15.9. The summed E-state index contributed by atoms with van der Waals surface area (Å²) in [5.41, 5.74) is 0. The van der Waals surface area contributed by atoms with Crippen molar-refractivity contribution in [1.29, 1.82) is 0 Å². The Morgan fingerprint density at radius 3 is 3.00 bits per heavy atom. The summed E-state index contributed by atoms with van der Waals surface area (Å²) in [5.74, 6) is 2.77. The van der Waals surface area contributed by atoms with Gasteiger partial charge in [-0.1, -0.05) is 5.16 Å². The fourth-order valence-electron chi connectivity index (χ4n) is 2.27. The Hall–Kier alpha value is -1.96. The zero-order chi connectivity index (χ0) is 16.2. The molecule has 0 radical (unpaired) electrons.